The third-order valence-corrected chi connectivity index (χ3v) is 6.43. The first-order valence-electron chi connectivity index (χ1n) is 7.86. The highest BCUT2D eigenvalue weighted by Crippen LogP contribution is 2.33. The van der Waals surface area contributed by atoms with Crippen molar-refractivity contribution in [1.29, 1.82) is 5.26 Å². The van der Waals surface area contributed by atoms with Gasteiger partial charge in [-0.25, -0.2) is 0 Å². The molecule has 128 valence electrons. The van der Waals surface area contributed by atoms with E-state index in [4.69, 9.17) is 16.3 Å². The quantitative estimate of drug-likeness (QED) is 0.416. The first-order valence-corrected chi connectivity index (χ1v) is 12.7. The lowest BCUT2D eigenvalue weighted by Crippen LogP contribution is -2.22. The smallest absolute Gasteiger partial charge is 0.123 e. The molecule has 0 atom stereocenters. The molecule has 1 aromatic heterocycles. The molecule has 0 aliphatic carbocycles. The normalized spacial score (nSPS) is 11.5. The van der Waals surface area contributed by atoms with E-state index < -0.39 is 8.07 Å². The minimum Gasteiger partial charge on any atom is -0.361 e. The zero-order valence-electron chi connectivity index (χ0n) is 14.5. The molecule has 0 N–H and O–H groups in total. The number of aryl methyl sites for hydroxylation is 1. The number of halogens is 2. The molecule has 2 aromatic rings. The monoisotopic (exact) mass is 424 g/mol. The van der Waals surface area contributed by atoms with E-state index in [0.29, 0.717) is 17.3 Å². The van der Waals surface area contributed by atoms with Crippen LogP contribution in [-0.4, -0.2) is 19.2 Å². The third-order valence-electron chi connectivity index (χ3n) is 3.84. The molecule has 0 spiro atoms. The highest BCUT2D eigenvalue weighted by Gasteiger charge is 2.18. The topological polar surface area (TPSA) is 38.0 Å². The van der Waals surface area contributed by atoms with Gasteiger partial charge in [-0.1, -0.05) is 37.3 Å². The molecule has 0 aliphatic rings. The lowest BCUT2D eigenvalue weighted by atomic mass is 10.0. The fourth-order valence-electron chi connectivity index (χ4n) is 2.40. The van der Waals surface area contributed by atoms with Gasteiger partial charge in [0.25, 0.3) is 0 Å². The van der Waals surface area contributed by atoms with E-state index in [0.717, 1.165) is 34.1 Å². The Morgan fingerprint density at radius 2 is 2.00 bits per heavy atom. The Balaban J connectivity index is 2.34. The highest BCUT2D eigenvalue weighted by molar-refractivity contribution is 9.10. The highest BCUT2D eigenvalue weighted by atomic mass is 79.9. The standard InChI is InChI=1S/C18H22BrClN2OSi/c1-13-5-6-15(20)10-16(13)18-14(11-21)9-17(19)22(18)12-23-7-8-24(2,3)4/h5-6,9-10H,7-8,12H2,1-4H3. The number of ether oxygens (including phenoxy) is 1. The summed E-state index contributed by atoms with van der Waals surface area (Å²) in [5.41, 5.74) is 3.49. The zero-order chi connectivity index (χ0) is 17.9. The van der Waals surface area contributed by atoms with Crippen molar-refractivity contribution in [2.75, 3.05) is 6.61 Å². The molecule has 2 rings (SSSR count). The van der Waals surface area contributed by atoms with Crippen LogP contribution in [0.5, 0.6) is 0 Å². The van der Waals surface area contributed by atoms with Gasteiger partial charge in [0, 0.05) is 25.3 Å². The molecule has 0 fully saturated rings. The first kappa shape index (κ1) is 19.3. The van der Waals surface area contributed by atoms with Crippen molar-refractivity contribution >= 4 is 35.6 Å². The second-order valence-corrected chi connectivity index (χ2v) is 13.9. The van der Waals surface area contributed by atoms with Crippen LogP contribution >= 0.6 is 27.5 Å². The molecule has 1 aromatic carbocycles. The Kier molecular flexibility index (Phi) is 6.32. The summed E-state index contributed by atoms with van der Waals surface area (Å²) in [5.74, 6) is 0. The van der Waals surface area contributed by atoms with Gasteiger partial charge in [0.15, 0.2) is 0 Å². The van der Waals surface area contributed by atoms with E-state index in [1.54, 1.807) is 0 Å². The van der Waals surface area contributed by atoms with Crippen molar-refractivity contribution < 1.29 is 4.74 Å². The molecular formula is C18H22BrClN2OSi. The fraction of sp³-hybridized carbons (Fsp3) is 0.389. The zero-order valence-corrected chi connectivity index (χ0v) is 17.8. The van der Waals surface area contributed by atoms with E-state index in [9.17, 15) is 5.26 Å². The fourth-order valence-corrected chi connectivity index (χ4v) is 3.84. The lowest BCUT2D eigenvalue weighted by Gasteiger charge is -2.17. The molecule has 0 radical (unpaired) electrons. The average molecular weight is 426 g/mol. The summed E-state index contributed by atoms with van der Waals surface area (Å²) in [5, 5.41) is 10.2. The predicted octanol–water partition coefficient (Wildman–Crippen LogP) is 6.06. The van der Waals surface area contributed by atoms with E-state index in [1.807, 2.05) is 35.8 Å². The molecule has 0 bridgehead atoms. The maximum atomic E-state index is 9.50. The summed E-state index contributed by atoms with van der Waals surface area (Å²) in [4.78, 5) is 0. The molecule has 0 unspecified atom stereocenters. The van der Waals surface area contributed by atoms with Gasteiger partial charge < -0.3 is 9.30 Å². The second-order valence-electron chi connectivity index (χ2n) is 7.08. The minimum atomic E-state index is -1.12. The molecule has 0 saturated carbocycles. The molecule has 6 heteroatoms. The Hall–Kier alpha value is -1.06. The van der Waals surface area contributed by atoms with Gasteiger partial charge in [0.2, 0.25) is 0 Å². The van der Waals surface area contributed by atoms with Crippen LogP contribution in [0.2, 0.25) is 30.7 Å². The van der Waals surface area contributed by atoms with Gasteiger partial charge in [-0.2, -0.15) is 5.26 Å². The number of hydrogen-bond acceptors (Lipinski definition) is 2. The van der Waals surface area contributed by atoms with Crippen molar-refractivity contribution in [2.45, 2.75) is 39.3 Å². The van der Waals surface area contributed by atoms with Crippen molar-refractivity contribution in [1.82, 2.24) is 4.57 Å². The van der Waals surface area contributed by atoms with Crippen LogP contribution in [0.25, 0.3) is 11.3 Å². The molecule has 24 heavy (non-hydrogen) atoms. The number of nitriles is 1. The second kappa shape index (κ2) is 7.88. The number of nitrogens with zero attached hydrogens (tertiary/aromatic N) is 2. The number of rotatable bonds is 6. The van der Waals surface area contributed by atoms with Crippen LogP contribution in [0.4, 0.5) is 0 Å². The predicted molar refractivity (Wildman–Crippen MR) is 106 cm³/mol. The summed E-state index contributed by atoms with van der Waals surface area (Å²) in [6.45, 7) is 10.2. The van der Waals surface area contributed by atoms with Crippen molar-refractivity contribution in [3.63, 3.8) is 0 Å². The first-order chi connectivity index (χ1) is 11.2. The molecule has 0 saturated heterocycles. The SMILES string of the molecule is Cc1ccc(Cl)cc1-c1c(C#N)cc(Br)n1COCC[Si](C)(C)C. The van der Waals surface area contributed by atoms with Crippen molar-refractivity contribution in [3.05, 3.63) is 45.0 Å². The Bertz CT molecular complexity index is 775. The summed E-state index contributed by atoms with van der Waals surface area (Å²) in [7, 11) is -1.12. The van der Waals surface area contributed by atoms with Crippen LogP contribution in [0.3, 0.4) is 0 Å². The molecule has 0 amide bonds. The maximum absolute atomic E-state index is 9.50. The van der Waals surface area contributed by atoms with Crippen LogP contribution < -0.4 is 0 Å². The number of aromatic nitrogens is 1. The molecule has 3 nitrogen and oxygen atoms in total. The van der Waals surface area contributed by atoms with Crippen LogP contribution in [0.15, 0.2) is 28.9 Å². The van der Waals surface area contributed by atoms with Gasteiger partial charge in [0.1, 0.15) is 12.8 Å². The van der Waals surface area contributed by atoms with Crippen molar-refractivity contribution in [3.8, 4) is 17.3 Å². The largest absolute Gasteiger partial charge is 0.361 e. The molecule has 0 aliphatic heterocycles. The number of hydrogen-bond donors (Lipinski definition) is 0. The van der Waals surface area contributed by atoms with E-state index in [-0.39, 0.29) is 0 Å². The lowest BCUT2D eigenvalue weighted by molar-refractivity contribution is 0.0871. The van der Waals surface area contributed by atoms with Crippen molar-refractivity contribution in [2.24, 2.45) is 0 Å². The minimum absolute atomic E-state index is 0.411. The van der Waals surface area contributed by atoms with E-state index in [1.165, 1.54) is 0 Å². The Labute approximate surface area is 158 Å². The third kappa shape index (κ3) is 4.73. The van der Waals surface area contributed by atoms with Crippen LogP contribution in [-0.2, 0) is 11.5 Å². The van der Waals surface area contributed by atoms with E-state index >= 15 is 0 Å². The van der Waals surface area contributed by atoms with Gasteiger partial charge in [0.05, 0.1) is 15.9 Å². The van der Waals surface area contributed by atoms with E-state index in [2.05, 4.69) is 41.6 Å². The maximum Gasteiger partial charge on any atom is 0.123 e. The Morgan fingerprint density at radius 3 is 2.62 bits per heavy atom. The van der Waals surface area contributed by atoms with Gasteiger partial charge in [-0.3, -0.25) is 0 Å². The summed E-state index contributed by atoms with van der Waals surface area (Å²) >= 11 is 9.72. The molecule has 1 heterocycles. The van der Waals surface area contributed by atoms with Crippen LogP contribution in [0, 0.1) is 18.3 Å². The summed E-state index contributed by atoms with van der Waals surface area (Å²) in [6, 6.07) is 10.9. The summed E-state index contributed by atoms with van der Waals surface area (Å²) < 4.78 is 8.71. The Morgan fingerprint density at radius 1 is 1.29 bits per heavy atom. The molecular weight excluding hydrogens is 404 g/mol. The summed E-state index contributed by atoms with van der Waals surface area (Å²) in [6.07, 6.45) is 0. The average Bonchev–Trinajstić information content (AvgIpc) is 2.81. The van der Waals surface area contributed by atoms with Gasteiger partial charge >= 0.3 is 0 Å². The van der Waals surface area contributed by atoms with Gasteiger partial charge in [-0.05, 0) is 52.7 Å². The number of benzene rings is 1. The van der Waals surface area contributed by atoms with Gasteiger partial charge in [-0.15, -0.1) is 0 Å². The van der Waals surface area contributed by atoms with Crippen LogP contribution in [0.1, 0.15) is 11.1 Å².